The van der Waals surface area contributed by atoms with Crippen LogP contribution in [0.2, 0.25) is 0 Å². The van der Waals surface area contributed by atoms with Crippen molar-refractivity contribution in [1.29, 1.82) is 0 Å². The van der Waals surface area contributed by atoms with E-state index in [9.17, 15) is 9.90 Å². The van der Waals surface area contributed by atoms with Gasteiger partial charge in [0.15, 0.2) is 0 Å². The third-order valence-corrected chi connectivity index (χ3v) is 2.21. The van der Waals surface area contributed by atoms with Gasteiger partial charge in [0.05, 0.1) is 12.5 Å². The maximum atomic E-state index is 10.4. The molecule has 76 valence electrons. The summed E-state index contributed by atoms with van der Waals surface area (Å²) in [4.78, 5) is 14.4. The average Bonchev–Trinajstić information content (AvgIpc) is 2.08. The Morgan fingerprint density at radius 3 is 2.86 bits per heavy atom. The molecule has 1 heterocycles. The molecule has 0 unspecified atom stereocenters. The number of aliphatic carboxylic acids is 1. The third-order valence-electron chi connectivity index (χ3n) is 1.61. The van der Waals surface area contributed by atoms with E-state index in [1.807, 2.05) is 22.6 Å². The summed E-state index contributed by atoms with van der Waals surface area (Å²) in [6.07, 6.45) is -0.249. The topological polar surface area (TPSA) is 96.4 Å². The molecule has 6 heteroatoms. The number of hydrogen-bond acceptors (Lipinski definition) is 4. The fraction of sp³-hybridized carbons (Fsp3) is 0.250. The Morgan fingerprint density at radius 2 is 2.29 bits per heavy atom. The molecule has 0 amide bonds. The molecule has 0 aliphatic carbocycles. The number of nitrogens with two attached hydrogens (primary N) is 1. The zero-order valence-electron chi connectivity index (χ0n) is 7.14. The van der Waals surface area contributed by atoms with E-state index in [1.165, 1.54) is 6.07 Å². The minimum Gasteiger partial charge on any atom is -0.506 e. The third kappa shape index (κ3) is 2.81. The van der Waals surface area contributed by atoms with Crippen LogP contribution in [0, 0.1) is 3.70 Å². The molecular weight excluding hydrogens is 299 g/mol. The first-order valence-electron chi connectivity index (χ1n) is 3.83. The highest BCUT2D eigenvalue weighted by Crippen LogP contribution is 2.23. The molecule has 5 nitrogen and oxygen atoms in total. The van der Waals surface area contributed by atoms with Gasteiger partial charge in [-0.2, -0.15) is 0 Å². The Kier molecular flexibility index (Phi) is 3.64. The van der Waals surface area contributed by atoms with Crippen molar-refractivity contribution in [2.45, 2.75) is 12.5 Å². The van der Waals surface area contributed by atoms with Crippen LogP contribution in [0.4, 0.5) is 0 Å². The summed E-state index contributed by atoms with van der Waals surface area (Å²) in [5.41, 5.74) is 5.78. The van der Waals surface area contributed by atoms with E-state index >= 15 is 0 Å². The molecule has 0 bridgehead atoms. The monoisotopic (exact) mass is 308 g/mol. The second kappa shape index (κ2) is 4.56. The highest BCUT2D eigenvalue weighted by molar-refractivity contribution is 14.1. The molecular formula is C8H9IN2O3. The second-order valence-electron chi connectivity index (χ2n) is 2.74. The largest absolute Gasteiger partial charge is 0.506 e. The van der Waals surface area contributed by atoms with Crippen LogP contribution in [0.15, 0.2) is 12.1 Å². The number of rotatable bonds is 3. The smallest absolute Gasteiger partial charge is 0.305 e. The number of halogens is 1. The number of carbonyl (C=O) groups is 1. The molecule has 0 saturated carbocycles. The Hall–Kier alpha value is -0.890. The minimum atomic E-state index is -1.02. The summed E-state index contributed by atoms with van der Waals surface area (Å²) >= 11 is 1.96. The average molecular weight is 308 g/mol. The fourth-order valence-electron chi connectivity index (χ4n) is 1.00. The van der Waals surface area contributed by atoms with Crippen molar-refractivity contribution < 1.29 is 15.0 Å². The van der Waals surface area contributed by atoms with Gasteiger partial charge in [-0.1, -0.05) is 0 Å². The molecule has 0 radical (unpaired) electrons. The summed E-state index contributed by atoms with van der Waals surface area (Å²) in [7, 11) is 0. The maximum absolute atomic E-state index is 10.4. The molecule has 0 saturated heterocycles. The summed E-state index contributed by atoms with van der Waals surface area (Å²) in [6, 6.07) is 2.29. The Morgan fingerprint density at radius 1 is 1.64 bits per heavy atom. The van der Waals surface area contributed by atoms with Crippen molar-refractivity contribution in [3.8, 4) is 5.75 Å². The van der Waals surface area contributed by atoms with Gasteiger partial charge in [-0.25, -0.2) is 4.98 Å². The van der Waals surface area contributed by atoms with Gasteiger partial charge in [0.1, 0.15) is 15.1 Å². The zero-order valence-corrected chi connectivity index (χ0v) is 9.30. The van der Waals surface area contributed by atoms with E-state index in [2.05, 4.69) is 4.98 Å². The normalized spacial score (nSPS) is 12.4. The van der Waals surface area contributed by atoms with Crippen molar-refractivity contribution in [3.05, 3.63) is 21.5 Å². The molecule has 1 aromatic heterocycles. The molecule has 1 atom stereocenters. The van der Waals surface area contributed by atoms with Gasteiger partial charge in [0, 0.05) is 0 Å². The standard InChI is InChI=1S/C8H9IN2O3/c9-6-2-1-5(12)8(11-6)4(10)3-7(13)14/h1-2,4,12H,3,10H2,(H,13,14)/t4-/m0/s1. The van der Waals surface area contributed by atoms with E-state index in [1.54, 1.807) is 6.07 Å². The molecule has 1 aromatic rings. The van der Waals surface area contributed by atoms with Crippen LogP contribution in [-0.4, -0.2) is 21.2 Å². The second-order valence-corrected chi connectivity index (χ2v) is 3.85. The van der Waals surface area contributed by atoms with Crippen molar-refractivity contribution in [2.24, 2.45) is 5.73 Å². The Bertz CT molecular complexity index is 356. The summed E-state index contributed by atoms with van der Waals surface area (Å²) in [5, 5.41) is 17.9. The summed E-state index contributed by atoms with van der Waals surface area (Å²) in [5.74, 6) is -1.09. The van der Waals surface area contributed by atoms with Crippen molar-refractivity contribution >= 4 is 28.6 Å². The van der Waals surface area contributed by atoms with Gasteiger partial charge >= 0.3 is 5.97 Å². The lowest BCUT2D eigenvalue weighted by atomic mass is 10.1. The summed E-state index contributed by atoms with van der Waals surface area (Å²) < 4.78 is 0.663. The number of pyridine rings is 1. The van der Waals surface area contributed by atoms with Crippen LogP contribution in [0.3, 0.4) is 0 Å². The SMILES string of the molecule is N[C@@H](CC(=O)O)c1nc(I)ccc1O. The number of nitrogens with zero attached hydrogens (tertiary/aromatic N) is 1. The molecule has 0 aliphatic rings. The van der Waals surface area contributed by atoms with Gasteiger partial charge in [-0.3, -0.25) is 4.79 Å². The van der Waals surface area contributed by atoms with E-state index in [0.717, 1.165) is 0 Å². The predicted octanol–water partition coefficient (Wildman–Crippen LogP) is 0.866. The molecule has 14 heavy (non-hydrogen) atoms. The Balaban J connectivity index is 2.93. The molecule has 0 aliphatic heterocycles. The predicted molar refractivity (Wildman–Crippen MR) is 57.8 cm³/mol. The number of aromatic nitrogens is 1. The van der Waals surface area contributed by atoms with Crippen LogP contribution in [0.5, 0.6) is 5.75 Å². The lowest BCUT2D eigenvalue weighted by Crippen LogP contribution is -2.16. The Labute approximate surface area is 94.1 Å². The number of hydrogen-bond donors (Lipinski definition) is 3. The molecule has 0 aromatic carbocycles. The first kappa shape index (κ1) is 11.2. The van der Waals surface area contributed by atoms with E-state index in [-0.39, 0.29) is 17.9 Å². The molecule has 0 spiro atoms. The lowest BCUT2D eigenvalue weighted by Gasteiger charge is -2.10. The first-order chi connectivity index (χ1) is 6.50. The van der Waals surface area contributed by atoms with Crippen LogP contribution >= 0.6 is 22.6 Å². The fourth-order valence-corrected chi connectivity index (χ4v) is 1.44. The van der Waals surface area contributed by atoms with Gasteiger partial charge in [0.2, 0.25) is 0 Å². The van der Waals surface area contributed by atoms with Crippen LogP contribution in [0.25, 0.3) is 0 Å². The molecule has 1 rings (SSSR count). The summed E-state index contributed by atoms with van der Waals surface area (Å²) in [6.45, 7) is 0. The maximum Gasteiger partial charge on any atom is 0.305 e. The van der Waals surface area contributed by atoms with E-state index in [0.29, 0.717) is 3.70 Å². The first-order valence-corrected chi connectivity index (χ1v) is 4.91. The quantitative estimate of drug-likeness (QED) is 0.568. The van der Waals surface area contributed by atoms with Crippen molar-refractivity contribution in [3.63, 3.8) is 0 Å². The lowest BCUT2D eigenvalue weighted by molar-refractivity contribution is -0.137. The van der Waals surface area contributed by atoms with Gasteiger partial charge < -0.3 is 15.9 Å². The van der Waals surface area contributed by atoms with Gasteiger partial charge in [-0.15, -0.1) is 0 Å². The number of carboxylic acids is 1. The van der Waals surface area contributed by atoms with Crippen LogP contribution in [-0.2, 0) is 4.79 Å². The van der Waals surface area contributed by atoms with Crippen molar-refractivity contribution in [2.75, 3.05) is 0 Å². The highest BCUT2D eigenvalue weighted by Gasteiger charge is 2.16. The molecule has 0 fully saturated rings. The van der Waals surface area contributed by atoms with Gasteiger partial charge in [0.25, 0.3) is 0 Å². The van der Waals surface area contributed by atoms with Crippen LogP contribution < -0.4 is 5.73 Å². The number of aromatic hydroxyl groups is 1. The van der Waals surface area contributed by atoms with Gasteiger partial charge in [-0.05, 0) is 34.7 Å². The minimum absolute atomic E-state index is 0.0702. The van der Waals surface area contributed by atoms with E-state index < -0.39 is 12.0 Å². The number of carboxylic acid groups (broad SMARTS) is 1. The van der Waals surface area contributed by atoms with Crippen LogP contribution in [0.1, 0.15) is 18.2 Å². The van der Waals surface area contributed by atoms with Crippen molar-refractivity contribution in [1.82, 2.24) is 4.98 Å². The highest BCUT2D eigenvalue weighted by atomic mass is 127. The zero-order chi connectivity index (χ0) is 10.7. The van der Waals surface area contributed by atoms with E-state index in [4.69, 9.17) is 10.8 Å². The molecule has 4 N–H and O–H groups in total.